The van der Waals surface area contributed by atoms with E-state index in [2.05, 4.69) is 10.3 Å². The summed E-state index contributed by atoms with van der Waals surface area (Å²) in [5, 5.41) is 3.01. The Hall–Kier alpha value is -2.27. The van der Waals surface area contributed by atoms with Crippen LogP contribution < -0.4 is 15.8 Å². The minimum absolute atomic E-state index is 0.280. The first-order valence-corrected chi connectivity index (χ1v) is 7.14. The second kappa shape index (κ2) is 6.23. The lowest BCUT2D eigenvalue weighted by atomic mass is 10.1. The molecule has 2 rings (SSSR count). The Bertz CT molecular complexity index is 679. The average Bonchev–Trinajstić information content (AvgIpc) is 2.40. The molecule has 0 aliphatic carbocycles. The summed E-state index contributed by atoms with van der Waals surface area (Å²) in [7, 11) is 0. The van der Waals surface area contributed by atoms with E-state index in [4.69, 9.17) is 22.1 Å². The van der Waals surface area contributed by atoms with E-state index in [0.29, 0.717) is 11.4 Å². The number of nitrogens with zero attached hydrogens (tertiary/aromatic N) is 1. The van der Waals surface area contributed by atoms with Crippen LogP contribution in [0.1, 0.15) is 20.8 Å². The second-order valence-corrected chi connectivity index (χ2v) is 6.25. The number of nitrogens with one attached hydrogen (secondary N) is 1. The van der Waals surface area contributed by atoms with E-state index in [-0.39, 0.29) is 10.7 Å². The number of hydrogen-bond acceptors (Lipinski definition) is 4. The van der Waals surface area contributed by atoms with Gasteiger partial charge in [-0.3, -0.25) is 0 Å². The molecular weight excluding hydrogens is 302 g/mol. The third kappa shape index (κ3) is 4.36. The van der Waals surface area contributed by atoms with E-state index >= 15 is 0 Å². The van der Waals surface area contributed by atoms with Crippen LogP contribution in [0.5, 0.6) is 5.75 Å². The normalized spacial score (nSPS) is 11.1. The molecule has 0 atom stereocenters. The predicted molar refractivity (Wildman–Crippen MR) is 88.0 cm³/mol. The van der Waals surface area contributed by atoms with Gasteiger partial charge in [0.15, 0.2) is 5.15 Å². The zero-order chi connectivity index (χ0) is 16.3. The molecule has 1 aromatic heterocycles. The van der Waals surface area contributed by atoms with Gasteiger partial charge in [-0.1, -0.05) is 23.7 Å². The molecule has 1 heterocycles. The van der Waals surface area contributed by atoms with Gasteiger partial charge in [0.25, 0.3) is 0 Å². The number of rotatable bonds is 2. The van der Waals surface area contributed by atoms with Crippen LogP contribution in [-0.2, 0) is 0 Å². The van der Waals surface area contributed by atoms with Crippen molar-refractivity contribution in [3.05, 3.63) is 41.7 Å². The van der Waals surface area contributed by atoms with Crippen LogP contribution in [0.15, 0.2) is 36.5 Å². The van der Waals surface area contributed by atoms with Gasteiger partial charge in [-0.15, -0.1) is 0 Å². The van der Waals surface area contributed by atoms with Gasteiger partial charge in [-0.2, -0.15) is 0 Å². The van der Waals surface area contributed by atoms with Crippen molar-refractivity contribution in [2.75, 3.05) is 5.73 Å². The van der Waals surface area contributed by atoms with Gasteiger partial charge in [0.1, 0.15) is 5.75 Å². The number of anilines is 1. The Kier molecular flexibility index (Phi) is 4.56. The molecule has 116 valence electrons. The molecule has 0 aliphatic heterocycles. The van der Waals surface area contributed by atoms with Crippen LogP contribution in [0.2, 0.25) is 5.15 Å². The number of carbonyl (C=O) groups excluding carboxylic acids is 1. The molecule has 6 heteroatoms. The lowest BCUT2D eigenvalue weighted by Gasteiger charge is -2.19. The quantitative estimate of drug-likeness (QED) is 0.824. The van der Waals surface area contributed by atoms with E-state index in [9.17, 15) is 4.79 Å². The van der Waals surface area contributed by atoms with Crippen molar-refractivity contribution in [2.45, 2.75) is 26.3 Å². The van der Waals surface area contributed by atoms with E-state index in [1.54, 1.807) is 24.4 Å². The molecule has 0 saturated carbocycles. The molecule has 2 aromatic rings. The summed E-state index contributed by atoms with van der Waals surface area (Å²) in [6.07, 6.45) is 1.15. The number of amides is 1. The second-order valence-electron chi connectivity index (χ2n) is 5.89. The summed E-state index contributed by atoms with van der Waals surface area (Å²) in [6, 6.07) is 8.82. The summed E-state index contributed by atoms with van der Waals surface area (Å²) in [4.78, 5) is 15.7. The average molecular weight is 320 g/mol. The van der Waals surface area contributed by atoms with Crippen LogP contribution >= 0.6 is 11.6 Å². The zero-order valence-corrected chi connectivity index (χ0v) is 13.4. The molecule has 0 spiro atoms. The van der Waals surface area contributed by atoms with Crippen molar-refractivity contribution in [1.82, 2.24) is 10.3 Å². The Balaban J connectivity index is 2.10. The number of aromatic nitrogens is 1. The Morgan fingerprint density at radius 3 is 2.41 bits per heavy atom. The summed E-state index contributed by atoms with van der Waals surface area (Å²) in [5.74, 6) is 0.459. The highest BCUT2D eigenvalue weighted by atomic mass is 35.5. The minimum atomic E-state index is -0.488. The molecule has 0 radical (unpaired) electrons. The van der Waals surface area contributed by atoms with E-state index < -0.39 is 6.09 Å². The van der Waals surface area contributed by atoms with Gasteiger partial charge >= 0.3 is 6.09 Å². The highest BCUT2D eigenvalue weighted by molar-refractivity contribution is 6.31. The number of benzene rings is 1. The first-order chi connectivity index (χ1) is 10.2. The maximum Gasteiger partial charge on any atom is 0.413 e. The van der Waals surface area contributed by atoms with Gasteiger partial charge in [0.2, 0.25) is 0 Å². The van der Waals surface area contributed by atoms with Gasteiger partial charge in [-0.25, -0.2) is 9.78 Å². The monoisotopic (exact) mass is 319 g/mol. The van der Waals surface area contributed by atoms with E-state index in [1.807, 2.05) is 32.9 Å². The Morgan fingerprint density at radius 2 is 1.86 bits per heavy atom. The standard InChI is InChI=1S/C16H18ClN3O2/c1-16(2,3)20-15(21)22-12-6-4-10(5-7-12)11-8-13(18)14(17)19-9-11/h4-9H,18H2,1-3H3,(H,20,21). The van der Waals surface area contributed by atoms with Crippen LogP contribution in [0.25, 0.3) is 11.1 Å². The van der Waals surface area contributed by atoms with Crippen molar-refractivity contribution in [1.29, 1.82) is 0 Å². The van der Waals surface area contributed by atoms with Crippen LogP contribution in [0, 0.1) is 0 Å². The van der Waals surface area contributed by atoms with Gasteiger partial charge < -0.3 is 15.8 Å². The lowest BCUT2D eigenvalue weighted by Crippen LogP contribution is -2.42. The Morgan fingerprint density at radius 1 is 1.23 bits per heavy atom. The van der Waals surface area contributed by atoms with Crippen molar-refractivity contribution in [3.63, 3.8) is 0 Å². The summed E-state index contributed by atoms with van der Waals surface area (Å²) >= 11 is 5.80. The summed E-state index contributed by atoms with van der Waals surface area (Å²) in [6.45, 7) is 5.65. The number of hydrogen-bond donors (Lipinski definition) is 2. The highest BCUT2D eigenvalue weighted by Gasteiger charge is 2.15. The molecule has 1 aromatic carbocycles. The summed E-state index contributed by atoms with van der Waals surface area (Å²) in [5.41, 5.74) is 7.56. The van der Waals surface area contributed by atoms with E-state index in [1.165, 1.54) is 0 Å². The molecule has 0 saturated heterocycles. The Labute approximate surface area is 134 Å². The molecule has 0 aliphatic rings. The van der Waals surface area contributed by atoms with Crippen molar-refractivity contribution in [2.24, 2.45) is 0 Å². The number of ether oxygens (including phenoxy) is 1. The molecule has 3 N–H and O–H groups in total. The predicted octanol–water partition coefficient (Wildman–Crippen LogP) is 3.87. The molecular formula is C16H18ClN3O2. The zero-order valence-electron chi connectivity index (χ0n) is 12.7. The fraction of sp³-hybridized carbons (Fsp3) is 0.250. The topological polar surface area (TPSA) is 77.2 Å². The first-order valence-electron chi connectivity index (χ1n) is 6.76. The van der Waals surface area contributed by atoms with Crippen molar-refractivity contribution >= 4 is 23.4 Å². The molecule has 22 heavy (non-hydrogen) atoms. The number of pyridine rings is 1. The molecule has 0 bridgehead atoms. The van der Waals surface area contributed by atoms with Crippen molar-refractivity contribution in [3.8, 4) is 16.9 Å². The van der Waals surface area contributed by atoms with Crippen molar-refractivity contribution < 1.29 is 9.53 Å². The smallest absolute Gasteiger partial charge is 0.410 e. The number of nitrogens with two attached hydrogens (primary N) is 1. The molecule has 1 amide bonds. The van der Waals surface area contributed by atoms with Gasteiger partial charge in [0, 0.05) is 17.3 Å². The van der Waals surface area contributed by atoms with E-state index in [0.717, 1.165) is 11.1 Å². The SMILES string of the molecule is CC(C)(C)NC(=O)Oc1ccc(-c2cnc(Cl)c(N)c2)cc1. The number of carbonyl (C=O) groups is 1. The fourth-order valence-electron chi connectivity index (χ4n) is 1.78. The first kappa shape index (κ1) is 16.1. The van der Waals surface area contributed by atoms with Gasteiger partial charge in [0.05, 0.1) is 5.69 Å². The minimum Gasteiger partial charge on any atom is -0.410 e. The third-order valence-corrected chi connectivity index (χ3v) is 3.06. The maximum absolute atomic E-state index is 11.7. The molecule has 5 nitrogen and oxygen atoms in total. The number of halogens is 1. The van der Waals surface area contributed by atoms with Crippen LogP contribution in [-0.4, -0.2) is 16.6 Å². The third-order valence-electron chi connectivity index (χ3n) is 2.74. The lowest BCUT2D eigenvalue weighted by molar-refractivity contribution is 0.190. The maximum atomic E-state index is 11.7. The largest absolute Gasteiger partial charge is 0.413 e. The fourth-order valence-corrected chi connectivity index (χ4v) is 1.88. The molecule has 0 fully saturated rings. The number of nitrogen functional groups attached to an aromatic ring is 1. The summed E-state index contributed by atoms with van der Waals surface area (Å²) < 4.78 is 5.21. The van der Waals surface area contributed by atoms with Crippen LogP contribution in [0.3, 0.4) is 0 Å². The van der Waals surface area contributed by atoms with Gasteiger partial charge in [-0.05, 0) is 44.5 Å². The van der Waals surface area contributed by atoms with Crippen LogP contribution in [0.4, 0.5) is 10.5 Å². The molecule has 0 unspecified atom stereocenters. The highest BCUT2D eigenvalue weighted by Crippen LogP contribution is 2.26.